The van der Waals surface area contributed by atoms with Gasteiger partial charge in [-0.05, 0) is 17.7 Å². The molecule has 0 aliphatic carbocycles. The molecule has 8 heteroatoms. The van der Waals surface area contributed by atoms with Crippen molar-refractivity contribution in [2.45, 2.75) is 6.54 Å². The molecule has 0 unspecified atom stereocenters. The summed E-state index contributed by atoms with van der Waals surface area (Å²) < 4.78 is 38.2. The van der Waals surface area contributed by atoms with Crippen molar-refractivity contribution in [3.05, 3.63) is 29.8 Å². The number of nitrogens with zero attached hydrogens (tertiary/aromatic N) is 2. The number of ether oxygens (including phenoxy) is 2. The van der Waals surface area contributed by atoms with E-state index >= 15 is 0 Å². The Morgan fingerprint density at radius 2 is 2.04 bits per heavy atom. The molecule has 1 fully saturated rings. The lowest BCUT2D eigenvalue weighted by Gasteiger charge is -2.26. The van der Waals surface area contributed by atoms with Gasteiger partial charge in [-0.15, -0.1) is 0 Å². The quantitative estimate of drug-likeness (QED) is 0.735. The van der Waals surface area contributed by atoms with Crippen LogP contribution < -0.4 is 9.46 Å². The lowest BCUT2D eigenvalue weighted by molar-refractivity contribution is 0.0322. The predicted molar refractivity (Wildman–Crippen MR) is 88.6 cm³/mol. The van der Waals surface area contributed by atoms with Crippen LogP contribution in [-0.2, 0) is 21.5 Å². The monoisotopic (exact) mass is 343 g/mol. The van der Waals surface area contributed by atoms with Crippen molar-refractivity contribution >= 4 is 10.2 Å². The molecule has 0 atom stereocenters. The molecule has 1 aliphatic rings. The summed E-state index contributed by atoms with van der Waals surface area (Å²) >= 11 is 0. The van der Waals surface area contributed by atoms with Gasteiger partial charge >= 0.3 is 0 Å². The van der Waals surface area contributed by atoms with Crippen LogP contribution in [0.1, 0.15) is 5.56 Å². The van der Waals surface area contributed by atoms with E-state index < -0.39 is 10.2 Å². The lowest BCUT2D eigenvalue weighted by atomic mass is 10.2. The number of hydrogen-bond acceptors (Lipinski definition) is 5. The first-order valence-electron chi connectivity index (χ1n) is 7.66. The lowest BCUT2D eigenvalue weighted by Crippen LogP contribution is -2.38. The number of rotatable bonds is 8. The van der Waals surface area contributed by atoms with Crippen LogP contribution in [0.5, 0.6) is 5.75 Å². The van der Waals surface area contributed by atoms with E-state index in [0.29, 0.717) is 6.61 Å². The van der Waals surface area contributed by atoms with Gasteiger partial charge in [-0.2, -0.15) is 17.4 Å². The normalized spacial score (nSPS) is 16.7. The Kier molecular flexibility index (Phi) is 6.79. The molecule has 1 aromatic rings. The van der Waals surface area contributed by atoms with E-state index in [0.717, 1.165) is 48.5 Å². The van der Waals surface area contributed by atoms with Crippen LogP contribution in [0.2, 0.25) is 0 Å². The van der Waals surface area contributed by atoms with Crippen molar-refractivity contribution < 1.29 is 17.9 Å². The average Bonchev–Trinajstić information content (AvgIpc) is 2.54. The zero-order valence-electron chi connectivity index (χ0n) is 13.7. The number of hydrogen-bond donors (Lipinski definition) is 1. The summed E-state index contributed by atoms with van der Waals surface area (Å²) in [6, 6.07) is 7.47. The van der Waals surface area contributed by atoms with Crippen molar-refractivity contribution in [1.82, 2.24) is 13.9 Å². The molecule has 130 valence electrons. The highest BCUT2D eigenvalue weighted by Gasteiger charge is 2.12. The minimum absolute atomic E-state index is 0.237. The van der Waals surface area contributed by atoms with Crippen LogP contribution >= 0.6 is 0 Å². The fourth-order valence-electron chi connectivity index (χ4n) is 2.17. The molecular weight excluding hydrogens is 318 g/mol. The SMILES string of the molecule is CN(C)S(=O)(=O)NCc1cccc(OCCN2CCOCC2)c1. The maximum Gasteiger partial charge on any atom is 0.279 e. The topological polar surface area (TPSA) is 71.1 Å². The van der Waals surface area contributed by atoms with Crippen LogP contribution in [0.15, 0.2) is 24.3 Å². The highest BCUT2D eigenvalue weighted by Crippen LogP contribution is 2.13. The van der Waals surface area contributed by atoms with Gasteiger partial charge in [-0.25, -0.2) is 0 Å². The molecule has 0 bridgehead atoms. The third-order valence-corrected chi connectivity index (χ3v) is 5.09. The minimum Gasteiger partial charge on any atom is -0.492 e. The van der Waals surface area contributed by atoms with Gasteiger partial charge in [-0.3, -0.25) is 4.90 Å². The van der Waals surface area contributed by atoms with E-state index in [9.17, 15) is 8.42 Å². The van der Waals surface area contributed by atoms with E-state index in [1.165, 1.54) is 14.1 Å². The van der Waals surface area contributed by atoms with Gasteiger partial charge in [0, 0.05) is 40.3 Å². The third-order valence-electron chi connectivity index (χ3n) is 3.62. The molecule has 1 saturated heterocycles. The van der Waals surface area contributed by atoms with Crippen LogP contribution in [0.4, 0.5) is 0 Å². The summed E-state index contributed by atoms with van der Waals surface area (Å²) in [4.78, 5) is 2.30. The first-order chi connectivity index (χ1) is 11.0. The summed E-state index contributed by atoms with van der Waals surface area (Å²) in [5.74, 6) is 0.750. The third kappa shape index (κ3) is 6.08. The number of benzene rings is 1. The Morgan fingerprint density at radius 1 is 1.30 bits per heavy atom. The molecule has 23 heavy (non-hydrogen) atoms. The zero-order valence-corrected chi connectivity index (χ0v) is 14.5. The van der Waals surface area contributed by atoms with Gasteiger partial charge in [0.05, 0.1) is 13.2 Å². The average molecular weight is 343 g/mol. The van der Waals surface area contributed by atoms with Gasteiger partial charge in [0.1, 0.15) is 12.4 Å². The van der Waals surface area contributed by atoms with Crippen molar-refractivity contribution in [1.29, 1.82) is 0 Å². The Morgan fingerprint density at radius 3 is 2.74 bits per heavy atom. The predicted octanol–water partition coefficient (Wildman–Crippen LogP) is 0.294. The standard InChI is InChI=1S/C15H25N3O4S/c1-17(2)23(19,20)16-13-14-4-3-5-15(12-14)22-11-8-18-6-9-21-10-7-18/h3-5,12,16H,6-11,13H2,1-2H3. The van der Waals surface area contributed by atoms with Crippen LogP contribution in [0.25, 0.3) is 0 Å². The molecule has 0 saturated carbocycles. The smallest absolute Gasteiger partial charge is 0.279 e. The van der Waals surface area contributed by atoms with E-state index in [-0.39, 0.29) is 6.54 Å². The Labute approximate surface area is 138 Å². The van der Waals surface area contributed by atoms with Crippen molar-refractivity contribution in [2.24, 2.45) is 0 Å². The minimum atomic E-state index is -3.42. The largest absolute Gasteiger partial charge is 0.492 e. The molecule has 2 rings (SSSR count). The molecule has 0 aromatic heterocycles. The highest BCUT2D eigenvalue weighted by molar-refractivity contribution is 7.87. The molecular formula is C15H25N3O4S. The molecule has 1 N–H and O–H groups in total. The first-order valence-corrected chi connectivity index (χ1v) is 9.10. The van der Waals surface area contributed by atoms with Gasteiger partial charge in [0.25, 0.3) is 10.2 Å². The molecule has 0 spiro atoms. The molecule has 0 radical (unpaired) electrons. The van der Waals surface area contributed by atoms with Gasteiger partial charge in [-0.1, -0.05) is 12.1 Å². The maximum atomic E-state index is 11.7. The van der Waals surface area contributed by atoms with Crippen molar-refractivity contribution in [3.8, 4) is 5.75 Å². The van der Waals surface area contributed by atoms with E-state index in [2.05, 4.69) is 9.62 Å². The van der Waals surface area contributed by atoms with Crippen molar-refractivity contribution in [2.75, 3.05) is 53.6 Å². The summed E-state index contributed by atoms with van der Waals surface area (Å²) in [5.41, 5.74) is 0.860. The number of morpholine rings is 1. The fourth-order valence-corrected chi connectivity index (χ4v) is 2.77. The van der Waals surface area contributed by atoms with Crippen LogP contribution in [0.3, 0.4) is 0 Å². The fraction of sp³-hybridized carbons (Fsp3) is 0.600. The van der Waals surface area contributed by atoms with Gasteiger partial charge in [0.15, 0.2) is 0 Å². The second-order valence-electron chi connectivity index (χ2n) is 5.56. The second kappa shape index (κ2) is 8.60. The second-order valence-corrected chi connectivity index (χ2v) is 7.53. The van der Waals surface area contributed by atoms with Crippen molar-refractivity contribution in [3.63, 3.8) is 0 Å². The maximum absolute atomic E-state index is 11.7. The number of nitrogens with one attached hydrogen (secondary N) is 1. The first kappa shape index (κ1) is 18.2. The van der Waals surface area contributed by atoms with Gasteiger partial charge in [0.2, 0.25) is 0 Å². The van der Waals surface area contributed by atoms with E-state index in [1.807, 2.05) is 24.3 Å². The summed E-state index contributed by atoms with van der Waals surface area (Å²) in [7, 11) is -0.430. The summed E-state index contributed by atoms with van der Waals surface area (Å²) in [6.07, 6.45) is 0. The molecule has 1 aromatic carbocycles. The molecule has 7 nitrogen and oxygen atoms in total. The highest BCUT2D eigenvalue weighted by atomic mass is 32.2. The van der Waals surface area contributed by atoms with Crippen LogP contribution in [-0.4, -0.2) is 71.2 Å². The Bertz CT molecular complexity index is 586. The summed E-state index contributed by atoms with van der Waals surface area (Å²) in [6.45, 7) is 5.14. The Hall–Kier alpha value is -1.19. The van der Waals surface area contributed by atoms with E-state index in [4.69, 9.17) is 9.47 Å². The Balaban J connectivity index is 1.80. The molecule has 1 heterocycles. The van der Waals surface area contributed by atoms with E-state index in [1.54, 1.807) is 0 Å². The van der Waals surface area contributed by atoms with Gasteiger partial charge < -0.3 is 9.47 Å². The van der Waals surface area contributed by atoms with Crippen LogP contribution in [0, 0.1) is 0 Å². The summed E-state index contributed by atoms with van der Waals surface area (Å²) in [5, 5.41) is 0. The zero-order chi connectivity index (χ0) is 16.7. The molecule has 1 aliphatic heterocycles. The molecule has 0 amide bonds.